The van der Waals surface area contributed by atoms with E-state index in [9.17, 15) is 4.79 Å². The van der Waals surface area contributed by atoms with Gasteiger partial charge in [0.1, 0.15) is 12.4 Å². The number of rotatable bonds is 5. The maximum Gasteiger partial charge on any atom is 0.276 e. The first-order valence-electron chi connectivity index (χ1n) is 8.30. The van der Waals surface area contributed by atoms with Crippen LogP contribution in [0.1, 0.15) is 16.1 Å². The number of hydrogen-bond donors (Lipinski definition) is 1. The number of para-hydroxylation sites is 1. The number of aromatic nitrogens is 2. The van der Waals surface area contributed by atoms with Crippen molar-refractivity contribution >= 4 is 17.1 Å². The molecule has 2 aromatic heterocycles. The van der Waals surface area contributed by atoms with E-state index < -0.39 is 0 Å². The summed E-state index contributed by atoms with van der Waals surface area (Å²) in [7, 11) is 0. The van der Waals surface area contributed by atoms with Crippen molar-refractivity contribution in [2.45, 2.75) is 6.61 Å². The first kappa shape index (κ1) is 15.9. The molecule has 0 atom stereocenters. The van der Waals surface area contributed by atoms with Gasteiger partial charge in [-0.1, -0.05) is 36.4 Å². The Hall–Kier alpha value is -3.60. The van der Waals surface area contributed by atoms with Gasteiger partial charge in [0.2, 0.25) is 0 Å². The van der Waals surface area contributed by atoms with Crippen molar-refractivity contribution in [3.8, 4) is 5.75 Å². The van der Waals surface area contributed by atoms with Gasteiger partial charge >= 0.3 is 0 Å². The average molecular weight is 343 g/mol. The van der Waals surface area contributed by atoms with Crippen LogP contribution in [0.15, 0.2) is 85.1 Å². The topological polar surface area (TPSA) is 55.6 Å². The molecule has 0 aliphatic heterocycles. The summed E-state index contributed by atoms with van der Waals surface area (Å²) in [6, 6.07) is 24.7. The Balaban J connectivity index is 1.45. The third kappa shape index (κ3) is 3.57. The molecule has 5 nitrogen and oxygen atoms in total. The molecule has 0 bridgehead atoms. The molecule has 4 rings (SSSR count). The number of fused-ring (bicyclic) bond motifs is 1. The first-order valence-corrected chi connectivity index (χ1v) is 8.30. The first-order chi connectivity index (χ1) is 12.8. The fourth-order valence-corrected chi connectivity index (χ4v) is 2.67. The Bertz CT molecular complexity index is 1010. The number of ether oxygens (including phenoxy) is 1. The van der Waals surface area contributed by atoms with Gasteiger partial charge in [-0.05, 0) is 48.0 Å². The van der Waals surface area contributed by atoms with Gasteiger partial charge < -0.3 is 10.1 Å². The van der Waals surface area contributed by atoms with Crippen LogP contribution in [0.4, 0.5) is 5.69 Å². The van der Waals surface area contributed by atoms with E-state index in [1.807, 2.05) is 79.0 Å². The molecule has 4 aromatic rings. The lowest BCUT2D eigenvalue weighted by Crippen LogP contribution is -2.13. The molecule has 0 unspecified atom stereocenters. The molecule has 1 amide bonds. The molecule has 5 heteroatoms. The number of carbonyl (C=O) groups excluding carboxylic acids is 1. The Labute approximate surface area is 150 Å². The fraction of sp³-hybridized carbons (Fsp3) is 0.0476. The van der Waals surface area contributed by atoms with Crippen LogP contribution in [0.3, 0.4) is 0 Å². The van der Waals surface area contributed by atoms with E-state index in [0.29, 0.717) is 18.0 Å². The Morgan fingerprint density at radius 2 is 1.81 bits per heavy atom. The van der Waals surface area contributed by atoms with Crippen molar-refractivity contribution in [3.63, 3.8) is 0 Å². The Morgan fingerprint density at radius 3 is 2.65 bits per heavy atom. The number of hydrogen-bond acceptors (Lipinski definition) is 3. The molecule has 128 valence electrons. The van der Waals surface area contributed by atoms with Crippen molar-refractivity contribution < 1.29 is 9.53 Å². The van der Waals surface area contributed by atoms with Crippen molar-refractivity contribution in [1.29, 1.82) is 0 Å². The third-order valence-corrected chi connectivity index (χ3v) is 3.94. The molecule has 0 saturated heterocycles. The summed E-state index contributed by atoms with van der Waals surface area (Å²) < 4.78 is 7.43. The molecular weight excluding hydrogens is 326 g/mol. The molecule has 2 aromatic carbocycles. The summed E-state index contributed by atoms with van der Waals surface area (Å²) in [5.41, 5.74) is 2.94. The van der Waals surface area contributed by atoms with Crippen LogP contribution in [0, 0.1) is 0 Å². The second kappa shape index (κ2) is 7.11. The lowest BCUT2D eigenvalue weighted by Gasteiger charge is -2.08. The number of amides is 1. The van der Waals surface area contributed by atoms with Gasteiger partial charge in [0.25, 0.3) is 5.91 Å². The van der Waals surface area contributed by atoms with Gasteiger partial charge in [-0.25, -0.2) is 4.52 Å². The summed E-state index contributed by atoms with van der Waals surface area (Å²) in [6.45, 7) is 0.433. The summed E-state index contributed by atoms with van der Waals surface area (Å²) >= 11 is 0. The van der Waals surface area contributed by atoms with Crippen molar-refractivity contribution in [2.24, 2.45) is 0 Å². The van der Waals surface area contributed by atoms with Crippen molar-refractivity contribution in [2.75, 3.05) is 5.32 Å². The third-order valence-electron chi connectivity index (χ3n) is 3.94. The number of anilines is 1. The van der Waals surface area contributed by atoms with Gasteiger partial charge in [0, 0.05) is 11.9 Å². The van der Waals surface area contributed by atoms with Gasteiger partial charge in [-0.15, -0.1) is 0 Å². The molecule has 26 heavy (non-hydrogen) atoms. The smallest absolute Gasteiger partial charge is 0.276 e. The molecule has 0 aliphatic carbocycles. The van der Waals surface area contributed by atoms with E-state index in [-0.39, 0.29) is 5.91 Å². The van der Waals surface area contributed by atoms with Crippen LogP contribution in [-0.2, 0) is 6.61 Å². The molecule has 0 aliphatic rings. The normalized spacial score (nSPS) is 10.6. The summed E-state index contributed by atoms with van der Waals surface area (Å²) in [5, 5.41) is 7.17. The molecule has 2 heterocycles. The maximum absolute atomic E-state index is 12.5. The number of benzene rings is 2. The molecule has 0 saturated carbocycles. The van der Waals surface area contributed by atoms with E-state index >= 15 is 0 Å². The highest BCUT2D eigenvalue weighted by Crippen LogP contribution is 2.16. The minimum atomic E-state index is -0.241. The summed E-state index contributed by atoms with van der Waals surface area (Å²) in [6.07, 6.45) is 1.81. The van der Waals surface area contributed by atoms with Crippen LogP contribution < -0.4 is 10.1 Å². The zero-order valence-corrected chi connectivity index (χ0v) is 14.0. The standard InChI is InChI=1S/C21H17N3O2/c25-21(20-14-18-9-4-5-12-24(18)23-20)22-17-8-6-7-16(13-17)15-26-19-10-2-1-3-11-19/h1-14H,15H2,(H,22,25). The second-order valence-corrected chi connectivity index (χ2v) is 5.86. The summed E-state index contributed by atoms with van der Waals surface area (Å²) in [4.78, 5) is 12.5. The zero-order valence-electron chi connectivity index (χ0n) is 14.0. The largest absolute Gasteiger partial charge is 0.489 e. The number of nitrogens with zero attached hydrogens (tertiary/aromatic N) is 2. The zero-order chi connectivity index (χ0) is 17.8. The van der Waals surface area contributed by atoms with E-state index in [1.165, 1.54) is 0 Å². The molecule has 1 N–H and O–H groups in total. The Morgan fingerprint density at radius 1 is 0.962 bits per heavy atom. The van der Waals surface area contributed by atoms with Gasteiger partial charge in [-0.3, -0.25) is 4.79 Å². The Kier molecular flexibility index (Phi) is 4.35. The SMILES string of the molecule is O=C(Nc1cccc(COc2ccccc2)c1)c1cc2ccccn2n1. The molecular formula is C21H17N3O2. The maximum atomic E-state index is 12.5. The molecule has 0 radical (unpaired) electrons. The van der Waals surface area contributed by atoms with Crippen LogP contribution in [0.25, 0.3) is 5.52 Å². The van der Waals surface area contributed by atoms with Crippen molar-refractivity contribution in [3.05, 3.63) is 96.3 Å². The van der Waals surface area contributed by atoms with Gasteiger partial charge in [0.05, 0.1) is 5.52 Å². The van der Waals surface area contributed by atoms with Gasteiger partial charge in [-0.2, -0.15) is 5.10 Å². The lowest BCUT2D eigenvalue weighted by molar-refractivity contribution is 0.102. The average Bonchev–Trinajstić information content (AvgIpc) is 3.12. The highest BCUT2D eigenvalue weighted by Gasteiger charge is 2.11. The predicted molar refractivity (Wildman–Crippen MR) is 100 cm³/mol. The van der Waals surface area contributed by atoms with E-state index in [1.54, 1.807) is 10.6 Å². The van der Waals surface area contributed by atoms with E-state index in [4.69, 9.17) is 4.74 Å². The van der Waals surface area contributed by atoms with E-state index in [0.717, 1.165) is 16.8 Å². The van der Waals surface area contributed by atoms with Crippen molar-refractivity contribution in [1.82, 2.24) is 9.61 Å². The molecule has 0 fully saturated rings. The summed E-state index contributed by atoms with van der Waals surface area (Å²) in [5.74, 6) is 0.571. The minimum absolute atomic E-state index is 0.241. The number of nitrogens with one attached hydrogen (secondary N) is 1. The van der Waals surface area contributed by atoms with Crippen LogP contribution in [0.5, 0.6) is 5.75 Å². The predicted octanol–water partition coefficient (Wildman–Crippen LogP) is 4.17. The highest BCUT2D eigenvalue weighted by molar-refractivity contribution is 6.03. The minimum Gasteiger partial charge on any atom is -0.489 e. The van der Waals surface area contributed by atoms with E-state index in [2.05, 4.69) is 10.4 Å². The fourth-order valence-electron chi connectivity index (χ4n) is 2.67. The quantitative estimate of drug-likeness (QED) is 0.592. The molecule has 0 spiro atoms. The van der Waals surface area contributed by atoms with Gasteiger partial charge in [0.15, 0.2) is 5.69 Å². The lowest BCUT2D eigenvalue weighted by atomic mass is 10.2. The monoisotopic (exact) mass is 343 g/mol. The highest BCUT2D eigenvalue weighted by atomic mass is 16.5. The second-order valence-electron chi connectivity index (χ2n) is 5.86. The number of pyridine rings is 1. The van der Waals surface area contributed by atoms with Crippen LogP contribution in [-0.4, -0.2) is 15.5 Å². The number of carbonyl (C=O) groups is 1. The van der Waals surface area contributed by atoms with Crippen LogP contribution in [0.2, 0.25) is 0 Å². The van der Waals surface area contributed by atoms with Crippen LogP contribution >= 0.6 is 0 Å².